The minimum atomic E-state index is -0.644. The van der Waals surface area contributed by atoms with Crippen molar-refractivity contribution >= 4 is 28.8 Å². The molecule has 2 fully saturated rings. The summed E-state index contributed by atoms with van der Waals surface area (Å²) in [7, 11) is 0. The average Bonchev–Trinajstić information content (AvgIpc) is 3.51. The van der Waals surface area contributed by atoms with E-state index in [1.165, 1.54) is 11.3 Å². The maximum absolute atomic E-state index is 13.0. The monoisotopic (exact) mass is 425 g/mol. The minimum Gasteiger partial charge on any atom is -0.507 e. The molecule has 2 saturated heterocycles. The molecular formula is C23H23NO5S. The highest BCUT2D eigenvalue weighted by Crippen LogP contribution is 2.42. The number of aliphatic hydroxyl groups is 1. The predicted octanol–water partition coefficient (Wildman–Crippen LogP) is 3.67. The van der Waals surface area contributed by atoms with Crippen molar-refractivity contribution in [2.24, 2.45) is 0 Å². The largest absolute Gasteiger partial charge is 0.507 e. The zero-order valence-corrected chi connectivity index (χ0v) is 17.5. The van der Waals surface area contributed by atoms with Gasteiger partial charge in [0.2, 0.25) is 0 Å². The van der Waals surface area contributed by atoms with Crippen LogP contribution < -0.4 is 4.74 Å². The normalized spacial score (nSPS) is 27.5. The smallest absolute Gasteiger partial charge is 0.295 e. The number of nitrogens with zero attached hydrogens (tertiary/aromatic N) is 1. The standard InChI is InChI=1S/C23H23NO5S/c1-13-10-15-11-14(6-7-17(15)29-13)21(25)19-20(18-5-3-9-30-18)24(23(27)22(19)26)12-16-4-2-8-28-16/h3,5-7,9,11,13,16,20,25H,2,4,8,10,12H2,1H3/b21-19-. The third-order valence-corrected chi connectivity index (χ3v) is 6.87. The molecule has 6 nitrogen and oxygen atoms in total. The number of ketones is 1. The summed E-state index contributed by atoms with van der Waals surface area (Å²) < 4.78 is 11.4. The molecular weight excluding hydrogens is 402 g/mol. The van der Waals surface area contributed by atoms with Crippen LogP contribution in [-0.4, -0.2) is 47.1 Å². The van der Waals surface area contributed by atoms with E-state index in [0.717, 1.165) is 35.5 Å². The van der Waals surface area contributed by atoms with Crippen LogP contribution in [0, 0.1) is 0 Å². The number of thiophene rings is 1. The molecule has 3 aliphatic heterocycles. The molecule has 1 N–H and O–H groups in total. The van der Waals surface area contributed by atoms with Crippen molar-refractivity contribution in [1.29, 1.82) is 0 Å². The maximum Gasteiger partial charge on any atom is 0.295 e. The first kappa shape index (κ1) is 19.3. The molecule has 1 aromatic carbocycles. The number of amides is 1. The van der Waals surface area contributed by atoms with Gasteiger partial charge in [-0.1, -0.05) is 6.07 Å². The molecule has 4 heterocycles. The fourth-order valence-electron chi connectivity index (χ4n) is 4.54. The lowest BCUT2D eigenvalue weighted by molar-refractivity contribution is -0.140. The molecule has 30 heavy (non-hydrogen) atoms. The second-order valence-corrected chi connectivity index (χ2v) is 9.04. The molecule has 0 bridgehead atoms. The van der Waals surface area contributed by atoms with Gasteiger partial charge in [0, 0.05) is 30.0 Å². The highest BCUT2D eigenvalue weighted by atomic mass is 32.1. The van der Waals surface area contributed by atoms with Crippen molar-refractivity contribution in [3.63, 3.8) is 0 Å². The lowest BCUT2D eigenvalue weighted by Gasteiger charge is -2.26. The van der Waals surface area contributed by atoms with E-state index in [2.05, 4.69) is 0 Å². The van der Waals surface area contributed by atoms with E-state index in [-0.39, 0.29) is 23.5 Å². The Bertz CT molecular complexity index is 1020. The lowest BCUT2D eigenvalue weighted by atomic mass is 9.98. The summed E-state index contributed by atoms with van der Waals surface area (Å²) in [6, 6.07) is 8.60. The molecule has 0 spiro atoms. The second-order valence-electron chi connectivity index (χ2n) is 8.06. The summed E-state index contributed by atoms with van der Waals surface area (Å²) in [6.07, 6.45) is 2.57. The van der Waals surface area contributed by atoms with Crippen LogP contribution in [0.1, 0.15) is 41.8 Å². The molecule has 1 aromatic heterocycles. The van der Waals surface area contributed by atoms with Crippen LogP contribution in [0.4, 0.5) is 0 Å². The highest BCUT2D eigenvalue weighted by Gasteiger charge is 2.47. The molecule has 156 valence electrons. The Labute approximate surface area is 178 Å². The Morgan fingerprint density at radius 3 is 2.90 bits per heavy atom. The van der Waals surface area contributed by atoms with E-state index >= 15 is 0 Å². The lowest BCUT2D eigenvalue weighted by Crippen LogP contribution is -2.36. The topological polar surface area (TPSA) is 76.1 Å². The van der Waals surface area contributed by atoms with Crippen LogP contribution in [-0.2, 0) is 20.7 Å². The van der Waals surface area contributed by atoms with Crippen LogP contribution in [0.25, 0.3) is 5.76 Å². The maximum atomic E-state index is 13.0. The Hall–Kier alpha value is -2.64. The molecule has 3 unspecified atom stereocenters. The first-order valence-electron chi connectivity index (χ1n) is 10.3. The summed E-state index contributed by atoms with van der Waals surface area (Å²) in [5.74, 6) is -0.561. The Kier molecular flexibility index (Phi) is 4.87. The number of benzene rings is 1. The molecule has 3 atom stereocenters. The van der Waals surface area contributed by atoms with E-state index in [4.69, 9.17) is 9.47 Å². The Balaban J connectivity index is 1.57. The first-order valence-corrected chi connectivity index (χ1v) is 11.1. The summed E-state index contributed by atoms with van der Waals surface area (Å²) >= 11 is 1.47. The third-order valence-electron chi connectivity index (χ3n) is 5.95. The second kappa shape index (κ2) is 7.56. The molecule has 2 aromatic rings. The number of Topliss-reactive ketones (excluding diaryl/α,β-unsaturated/α-hetero) is 1. The number of carbonyl (C=O) groups excluding carboxylic acids is 2. The fraction of sp³-hybridized carbons (Fsp3) is 0.391. The predicted molar refractivity (Wildman–Crippen MR) is 113 cm³/mol. The molecule has 0 aliphatic carbocycles. The van der Waals surface area contributed by atoms with E-state index < -0.39 is 17.7 Å². The number of rotatable bonds is 4. The number of hydrogen-bond acceptors (Lipinski definition) is 6. The van der Waals surface area contributed by atoms with Crippen LogP contribution in [0.5, 0.6) is 5.75 Å². The van der Waals surface area contributed by atoms with E-state index in [1.807, 2.05) is 36.6 Å². The Morgan fingerprint density at radius 2 is 2.17 bits per heavy atom. The summed E-state index contributed by atoms with van der Waals surface area (Å²) in [5, 5.41) is 13.1. The van der Waals surface area contributed by atoms with E-state index in [9.17, 15) is 14.7 Å². The third kappa shape index (κ3) is 3.22. The van der Waals surface area contributed by atoms with Crippen LogP contribution in [0.15, 0.2) is 41.3 Å². The van der Waals surface area contributed by atoms with Crippen molar-refractivity contribution in [1.82, 2.24) is 4.90 Å². The van der Waals surface area contributed by atoms with Crippen molar-refractivity contribution in [2.45, 2.75) is 44.4 Å². The van der Waals surface area contributed by atoms with Gasteiger partial charge >= 0.3 is 0 Å². The van der Waals surface area contributed by atoms with Gasteiger partial charge in [-0.25, -0.2) is 0 Å². The van der Waals surface area contributed by atoms with Crippen molar-refractivity contribution in [3.8, 4) is 5.75 Å². The molecule has 0 saturated carbocycles. The van der Waals surface area contributed by atoms with Gasteiger partial charge in [0.15, 0.2) is 0 Å². The first-order chi connectivity index (χ1) is 14.5. The quantitative estimate of drug-likeness (QED) is 0.460. The van der Waals surface area contributed by atoms with Gasteiger partial charge in [0.05, 0.1) is 17.7 Å². The fourth-order valence-corrected chi connectivity index (χ4v) is 5.39. The van der Waals surface area contributed by atoms with E-state index in [1.54, 1.807) is 11.0 Å². The zero-order valence-electron chi connectivity index (χ0n) is 16.7. The highest BCUT2D eigenvalue weighted by molar-refractivity contribution is 7.10. The van der Waals surface area contributed by atoms with Gasteiger partial charge in [-0.15, -0.1) is 11.3 Å². The van der Waals surface area contributed by atoms with Crippen molar-refractivity contribution < 1.29 is 24.2 Å². The number of ether oxygens (including phenoxy) is 2. The number of aliphatic hydroxyl groups excluding tert-OH is 1. The average molecular weight is 426 g/mol. The van der Waals surface area contributed by atoms with Crippen LogP contribution in [0.3, 0.4) is 0 Å². The SMILES string of the molecule is CC1Cc2cc(/C(O)=C3/C(=O)C(=O)N(CC4CCCO4)C3c3cccs3)ccc2O1. The van der Waals surface area contributed by atoms with Crippen LogP contribution in [0.2, 0.25) is 0 Å². The van der Waals surface area contributed by atoms with Gasteiger partial charge in [-0.2, -0.15) is 0 Å². The van der Waals surface area contributed by atoms with Gasteiger partial charge in [0.25, 0.3) is 11.7 Å². The molecule has 5 rings (SSSR count). The number of carbonyl (C=O) groups is 2. The molecule has 1 amide bonds. The van der Waals surface area contributed by atoms with Gasteiger partial charge in [0.1, 0.15) is 17.6 Å². The molecule has 3 aliphatic rings. The number of likely N-dealkylation sites (tertiary alicyclic amines) is 1. The summed E-state index contributed by atoms with van der Waals surface area (Å²) in [5.41, 5.74) is 1.67. The number of fused-ring (bicyclic) bond motifs is 1. The summed E-state index contributed by atoms with van der Waals surface area (Å²) in [4.78, 5) is 28.4. The van der Waals surface area contributed by atoms with Gasteiger partial charge in [-0.05, 0) is 55.0 Å². The Morgan fingerprint density at radius 1 is 1.30 bits per heavy atom. The molecule has 7 heteroatoms. The van der Waals surface area contributed by atoms with Gasteiger partial charge in [-0.3, -0.25) is 9.59 Å². The number of hydrogen-bond donors (Lipinski definition) is 1. The minimum absolute atomic E-state index is 0.0793. The summed E-state index contributed by atoms with van der Waals surface area (Å²) in [6.45, 7) is 3.01. The van der Waals surface area contributed by atoms with Crippen LogP contribution >= 0.6 is 11.3 Å². The van der Waals surface area contributed by atoms with Gasteiger partial charge < -0.3 is 19.5 Å². The van der Waals surface area contributed by atoms with Crippen molar-refractivity contribution in [3.05, 3.63) is 57.3 Å². The zero-order chi connectivity index (χ0) is 20.8. The van der Waals surface area contributed by atoms with Crippen molar-refractivity contribution in [2.75, 3.05) is 13.2 Å². The molecule has 0 radical (unpaired) electrons. The van der Waals surface area contributed by atoms with E-state index in [0.29, 0.717) is 18.7 Å².